The van der Waals surface area contributed by atoms with Crippen molar-refractivity contribution in [3.63, 3.8) is 0 Å². The van der Waals surface area contributed by atoms with E-state index in [0.717, 1.165) is 5.82 Å². The lowest BCUT2D eigenvalue weighted by Gasteiger charge is -2.39. The quantitative estimate of drug-likeness (QED) is 0.646. The Morgan fingerprint density at radius 1 is 1.33 bits per heavy atom. The monoisotopic (exact) mass is 347 g/mol. The van der Waals surface area contributed by atoms with E-state index < -0.39 is 12.2 Å². The smallest absolute Gasteiger partial charge is 0.357 e. The predicted molar refractivity (Wildman–Crippen MR) is 84.5 cm³/mol. The third kappa shape index (κ3) is 4.59. The molecule has 1 atom stereocenters. The highest BCUT2D eigenvalue weighted by molar-refractivity contribution is 5.80. The summed E-state index contributed by atoms with van der Waals surface area (Å²) in [6.45, 7) is 5.96. The summed E-state index contributed by atoms with van der Waals surface area (Å²) in [6.07, 6.45) is -2.72. The minimum atomic E-state index is -4.19. The molecule has 0 saturated carbocycles. The first-order chi connectivity index (χ1) is 11.3. The van der Waals surface area contributed by atoms with Crippen LogP contribution in [-0.2, 0) is 13.6 Å². The highest BCUT2D eigenvalue weighted by Gasteiger charge is 2.41. The lowest BCUT2D eigenvalue weighted by molar-refractivity contribution is -0.181. The summed E-state index contributed by atoms with van der Waals surface area (Å²) in [4.78, 5) is 12.1. The molecule has 1 fully saturated rings. The zero-order valence-corrected chi connectivity index (χ0v) is 14.2. The average molecular weight is 347 g/mol. The molecule has 0 aromatic carbocycles. The van der Waals surface area contributed by atoms with Gasteiger partial charge in [-0.3, -0.25) is 9.58 Å². The average Bonchev–Trinajstić information content (AvgIpc) is 2.95. The zero-order valence-electron chi connectivity index (χ0n) is 14.2. The number of hydrogen-bond donors (Lipinski definition) is 1. The normalized spacial score (nSPS) is 18.8. The summed E-state index contributed by atoms with van der Waals surface area (Å²) in [5.74, 6) is 1.43. The summed E-state index contributed by atoms with van der Waals surface area (Å²) in [5.41, 5.74) is 0. The maximum absolute atomic E-state index is 12.8. The van der Waals surface area contributed by atoms with Crippen LogP contribution in [0.5, 0.6) is 0 Å². The van der Waals surface area contributed by atoms with Crippen molar-refractivity contribution in [2.75, 3.05) is 32.7 Å². The molecule has 0 bridgehead atoms. The third-order valence-electron chi connectivity index (χ3n) is 4.15. The first kappa shape index (κ1) is 18.5. The fraction of sp³-hybridized carbons (Fsp3) is 0.786. The zero-order chi connectivity index (χ0) is 17.7. The number of aryl methyl sites for hydroxylation is 1. The van der Waals surface area contributed by atoms with Gasteiger partial charge in [0.25, 0.3) is 0 Å². The van der Waals surface area contributed by atoms with E-state index in [1.165, 1.54) is 18.2 Å². The first-order valence-electron chi connectivity index (χ1n) is 7.99. The summed E-state index contributed by atoms with van der Waals surface area (Å²) in [7, 11) is 1.79. The number of alkyl halides is 3. The molecule has 136 valence electrons. The SMILES string of the molecule is CCNC(=NCc1ncnn1C)N1CCN(C(C)C(F)(F)F)CC1. The first-order valence-corrected chi connectivity index (χ1v) is 7.99. The van der Waals surface area contributed by atoms with E-state index in [-0.39, 0.29) is 0 Å². The van der Waals surface area contributed by atoms with E-state index in [2.05, 4.69) is 20.4 Å². The molecular formula is C14H24F3N7. The fourth-order valence-corrected chi connectivity index (χ4v) is 2.56. The Labute approximate surface area is 139 Å². The topological polar surface area (TPSA) is 61.6 Å². The van der Waals surface area contributed by atoms with Crippen molar-refractivity contribution in [2.45, 2.75) is 32.6 Å². The molecule has 2 rings (SSSR count). The van der Waals surface area contributed by atoms with Crippen LogP contribution in [0.1, 0.15) is 19.7 Å². The van der Waals surface area contributed by atoms with Crippen molar-refractivity contribution in [3.05, 3.63) is 12.2 Å². The number of nitrogens with one attached hydrogen (secondary N) is 1. The number of hydrogen-bond acceptors (Lipinski definition) is 4. The summed E-state index contributed by atoms with van der Waals surface area (Å²) < 4.78 is 40.1. The van der Waals surface area contributed by atoms with Crippen LogP contribution in [0.25, 0.3) is 0 Å². The largest absolute Gasteiger partial charge is 0.403 e. The summed E-state index contributed by atoms with van der Waals surface area (Å²) in [5, 5.41) is 7.18. The van der Waals surface area contributed by atoms with Gasteiger partial charge in [-0.25, -0.2) is 9.98 Å². The Morgan fingerprint density at radius 2 is 2.00 bits per heavy atom. The maximum Gasteiger partial charge on any atom is 0.403 e. The van der Waals surface area contributed by atoms with E-state index in [1.807, 2.05) is 11.8 Å². The van der Waals surface area contributed by atoms with Gasteiger partial charge < -0.3 is 10.2 Å². The van der Waals surface area contributed by atoms with E-state index in [4.69, 9.17) is 0 Å². The fourth-order valence-electron chi connectivity index (χ4n) is 2.56. The van der Waals surface area contributed by atoms with Crippen LogP contribution in [0.2, 0.25) is 0 Å². The van der Waals surface area contributed by atoms with Gasteiger partial charge in [-0.1, -0.05) is 0 Å². The van der Waals surface area contributed by atoms with Crippen LogP contribution in [-0.4, -0.2) is 75.5 Å². The minimum Gasteiger partial charge on any atom is -0.357 e. The van der Waals surface area contributed by atoms with Gasteiger partial charge in [0.05, 0.1) is 0 Å². The Bertz CT molecular complexity index is 547. The molecule has 0 radical (unpaired) electrons. The number of halogens is 3. The number of aromatic nitrogens is 3. The van der Waals surface area contributed by atoms with Crippen LogP contribution in [0.3, 0.4) is 0 Å². The second-order valence-electron chi connectivity index (χ2n) is 5.71. The minimum absolute atomic E-state index is 0.356. The molecule has 0 aliphatic carbocycles. The van der Waals surface area contributed by atoms with Gasteiger partial charge >= 0.3 is 6.18 Å². The van der Waals surface area contributed by atoms with Gasteiger partial charge in [-0.05, 0) is 13.8 Å². The molecule has 0 amide bonds. The highest BCUT2D eigenvalue weighted by atomic mass is 19.4. The van der Waals surface area contributed by atoms with Crippen molar-refractivity contribution in [1.29, 1.82) is 0 Å². The lowest BCUT2D eigenvalue weighted by Crippen LogP contribution is -2.56. The Balaban J connectivity index is 1.97. The second-order valence-corrected chi connectivity index (χ2v) is 5.71. The van der Waals surface area contributed by atoms with Crippen LogP contribution in [0.15, 0.2) is 11.3 Å². The Kier molecular flexibility index (Phi) is 6.03. The number of guanidine groups is 1. The molecule has 1 aliphatic rings. The molecular weight excluding hydrogens is 323 g/mol. The van der Waals surface area contributed by atoms with Gasteiger partial charge in [0, 0.05) is 39.8 Å². The van der Waals surface area contributed by atoms with Gasteiger partial charge in [0.2, 0.25) is 0 Å². The van der Waals surface area contributed by atoms with E-state index in [0.29, 0.717) is 45.2 Å². The highest BCUT2D eigenvalue weighted by Crippen LogP contribution is 2.25. The van der Waals surface area contributed by atoms with Crippen molar-refractivity contribution < 1.29 is 13.2 Å². The van der Waals surface area contributed by atoms with Gasteiger partial charge in [-0.15, -0.1) is 0 Å². The van der Waals surface area contributed by atoms with Crippen molar-refractivity contribution in [3.8, 4) is 0 Å². The molecule has 1 saturated heterocycles. The van der Waals surface area contributed by atoms with Crippen LogP contribution < -0.4 is 5.32 Å². The predicted octanol–water partition coefficient (Wildman–Crippen LogP) is 0.849. The van der Waals surface area contributed by atoms with Gasteiger partial charge in [0.1, 0.15) is 24.7 Å². The molecule has 1 aromatic heterocycles. The second kappa shape index (κ2) is 7.82. The number of piperazine rings is 1. The summed E-state index contributed by atoms with van der Waals surface area (Å²) >= 11 is 0. The molecule has 2 heterocycles. The van der Waals surface area contributed by atoms with Gasteiger partial charge in [-0.2, -0.15) is 18.3 Å². The van der Waals surface area contributed by atoms with Crippen LogP contribution >= 0.6 is 0 Å². The van der Waals surface area contributed by atoms with Crippen LogP contribution in [0.4, 0.5) is 13.2 Å². The molecule has 1 aromatic rings. The maximum atomic E-state index is 12.8. The van der Waals surface area contributed by atoms with E-state index in [1.54, 1.807) is 11.7 Å². The van der Waals surface area contributed by atoms with Gasteiger partial charge in [0.15, 0.2) is 5.96 Å². The van der Waals surface area contributed by atoms with E-state index >= 15 is 0 Å². The van der Waals surface area contributed by atoms with Crippen molar-refractivity contribution in [1.82, 2.24) is 29.9 Å². The molecule has 1 unspecified atom stereocenters. The van der Waals surface area contributed by atoms with E-state index in [9.17, 15) is 13.2 Å². The number of aliphatic imine (C=N–C) groups is 1. The standard InChI is InChI=1S/C14H24F3N7/c1-4-18-13(19-9-12-20-10-21-22(12)3)24-7-5-23(6-8-24)11(2)14(15,16)17/h10-11H,4-9H2,1-3H3,(H,18,19). The number of rotatable bonds is 4. The summed E-state index contributed by atoms with van der Waals surface area (Å²) in [6, 6.07) is -1.42. The Morgan fingerprint density at radius 3 is 2.50 bits per heavy atom. The third-order valence-corrected chi connectivity index (χ3v) is 4.15. The molecule has 24 heavy (non-hydrogen) atoms. The number of nitrogens with zero attached hydrogens (tertiary/aromatic N) is 6. The molecule has 0 spiro atoms. The molecule has 10 heteroatoms. The Hall–Kier alpha value is -1.84. The molecule has 1 N–H and O–H groups in total. The van der Waals surface area contributed by atoms with Crippen molar-refractivity contribution in [2.24, 2.45) is 12.0 Å². The molecule has 7 nitrogen and oxygen atoms in total. The van der Waals surface area contributed by atoms with Crippen LogP contribution in [0, 0.1) is 0 Å². The molecule has 1 aliphatic heterocycles. The van der Waals surface area contributed by atoms with Crippen molar-refractivity contribution >= 4 is 5.96 Å². The lowest BCUT2D eigenvalue weighted by atomic mass is 10.2.